The maximum absolute atomic E-state index is 15.4. The number of pyridine rings is 1. The number of aromatic amines is 1. The monoisotopic (exact) mass is 495 g/mol. The van der Waals surface area contributed by atoms with Crippen LogP contribution in [0.2, 0.25) is 0 Å². The van der Waals surface area contributed by atoms with E-state index in [0.29, 0.717) is 31.6 Å². The maximum Gasteiger partial charge on any atom is 0.401 e. The molecule has 0 saturated carbocycles. The van der Waals surface area contributed by atoms with Gasteiger partial charge in [-0.3, -0.25) is 24.3 Å². The Hall–Kier alpha value is -2.79. The number of rotatable bonds is 7. The van der Waals surface area contributed by atoms with Crippen molar-refractivity contribution in [1.29, 1.82) is 0 Å². The van der Waals surface area contributed by atoms with Crippen molar-refractivity contribution in [3.05, 3.63) is 53.2 Å². The Bertz CT molecular complexity index is 1190. The highest BCUT2D eigenvalue weighted by molar-refractivity contribution is 5.83. The molecule has 11 heteroatoms. The largest absolute Gasteiger partial charge is 0.491 e. The Kier molecular flexibility index (Phi) is 6.39. The number of hydrogen-bond acceptors (Lipinski definition) is 5. The maximum atomic E-state index is 15.4. The average molecular weight is 495 g/mol. The van der Waals surface area contributed by atoms with Gasteiger partial charge in [0.05, 0.1) is 42.9 Å². The van der Waals surface area contributed by atoms with E-state index in [2.05, 4.69) is 15.2 Å². The highest BCUT2D eigenvalue weighted by Gasteiger charge is 2.42. The van der Waals surface area contributed by atoms with Crippen LogP contribution in [0.3, 0.4) is 0 Å². The summed E-state index contributed by atoms with van der Waals surface area (Å²) >= 11 is 0. The number of alkyl halides is 4. The van der Waals surface area contributed by atoms with E-state index in [1.807, 2.05) is 4.90 Å². The molecule has 2 aliphatic heterocycles. The van der Waals surface area contributed by atoms with E-state index in [1.165, 1.54) is 17.2 Å². The Morgan fingerprint density at radius 3 is 2.71 bits per heavy atom. The van der Waals surface area contributed by atoms with E-state index >= 15 is 4.39 Å². The quantitative estimate of drug-likeness (QED) is 0.496. The van der Waals surface area contributed by atoms with Crippen molar-refractivity contribution in [3.63, 3.8) is 0 Å². The standard InChI is InChI=1S/C24H26F5N5O/c1-14-6-18-17(2-3-21-19(18)10-31-32-21)23(34(14)13-24(27,28)29)22-20(26)7-16(9-30-22)35-5-4-33-11-15(8-25)12-33/h2-3,7,9-10,14-15,23H,4-6,8,11-13H2,1H3,(H,31,32). The van der Waals surface area contributed by atoms with E-state index in [9.17, 15) is 17.6 Å². The summed E-state index contributed by atoms with van der Waals surface area (Å²) < 4.78 is 74.1. The molecule has 5 rings (SSSR count). The molecular formula is C24H26F5N5O. The minimum absolute atomic E-state index is 0.0667. The van der Waals surface area contributed by atoms with Gasteiger partial charge in [-0.15, -0.1) is 0 Å². The van der Waals surface area contributed by atoms with Crippen LogP contribution in [-0.4, -0.2) is 76.7 Å². The number of halogens is 5. The highest BCUT2D eigenvalue weighted by Crippen LogP contribution is 2.42. The molecule has 1 N–H and O–H groups in total. The third-order valence-corrected chi connectivity index (χ3v) is 6.86. The predicted molar refractivity (Wildman–Crippen MR) is 119 cm³/mol. The summed E-state index contributed by atoms with van der Waals surface area (Å²) in [4.78, 5) is 7.54. The van der Waals surface area contributed by atoms with Crippen LogP contribution in [0.15, 0.2) is 30.6 Å². The molecule has 1 fully saturated rings. The number of fused-ring (bicyclic) bond motifs is 3. The number of H-pyrrole nitrogens is 1. The third-order valence-electron chi connectivity index (χ3n) is 6.86. The molecule has 3 aromatic rings. The minimum atomic E-state index is -4.46. The normalized spacial score (nSPS) is 21.8. The van der Waals surface area contributed by atoms with Gasteiger partial charge in [0.15, 0.2) is 0 Å². The zero-order valence-electron chi connectivity index (χ0n) is 19.2. The zero-order chi connectivity index (χ0) is 24.7. The molecule has 2 aliphatic rings. The number of hydrogen-bond donors (Lipinski definition) is 1. The summed E-state index contributed by atoms with van der Waals surface area (Å²) in [6.45, 7) is 2.38. The Morgan fingerprint density at radius 1 is 1.20 bits per heavy atom. The van der Waals surface area contributed by atoms with Gasteiger partial charge in [-0.1, -0.05) is 6.07 Å². The van der Waals surface area contributed by atoms with Gasteiger partial charge in [-0.25, -0.2) is 4.39 Å². The van der Waals surface area contributed by atoms with Gasteiger partial charge >= 0.3 is 6.18 Å². The smallest absolute Gasteiger partial charge is 0.401 e. The summed E-state index contributed by atoms with van der Waals surface area (Å²) in [6.07, 6.45) is -1.09. The van der Waals surface area contributed by atoms with Crippen molar-refractivity contribution in [2.24, 2.45) is 5.92 Å². The first-order chi connectivity index (χ1) is 16.7. The lowest BCUT2D eigenvalue weighted by Gasteiger charge is -2.42. The molecule has 0 spiro atoms. The molecule has 1 saturated heterocycles. The second kappa shape index (κ2) is 9.34. The SMILES string of the molecule is CC1Cc2c(ccc3[nH]ncc23)C(c2ncc(OCCN3CC(CF)C3)cc2F)N1CC(F)(F)F. The molecule has 2 atom stereocenters. The van der Waals surface area contributed by atoms with Crippen molar-refractivity contribution < 1.29 is 26.7 Å². The molecule has 0 bridgehead atoms. The fourth-order valence-corrected chi connectivity index (χ4v) is 5.14. The molecule has 1 aromatic carbocycles. The second-order valence-electron chi connectivity index (χ2n) is 9.37. The first kappa shape index (κ1) is 23.9. The summed E-state index contributed by atoms with van der Waals surface area (Å²) in [5.41, 5.74) is 2.12. The summed E-state index contributed by atoms with van der Waals surface area (Å²) in [7, 11) is 0. The average Bonchev–Trinajstić information content (AvgIpc) is 3.25. The highest BCUT2D eigenvalue weighted by atomic mass is 19.4. The van der Waals surface area contributed by atoms with Gasteiger partial charge in [0, 0.05) is 43.0 Å². The van der Waals surface area contributed by atoms with Crippen molar-refractivity contribution >= 4 is 10.9 Å². The summed E-state index contributed by atoms with van der Waals surface area (Å²) in [5.74, 6) is -0.462. The van der Waals surface area contributed by atoms with Gasteiger partial charge in [-0.05, 0) is 30.5 Å². The van der Waals surface area contributed by atoms with Gasteiger partial charge in [0.2, 0.25) is 0 Å². The molecule has 4 heterocycles. The lowest BCUT2D eigenvalue weighted by Crippen LogP contribution is -2.49. The molecule has 6 nitrogen and oxygen atoms in total. The lowest BCUT2D eigenvalue weighted by molar-refractivity contribution is -0.155. The zero-order valence-corrected chi connectivity index (χ0v) is 19.2. The fraction of sp³-hybridized carbons (Fsp3) is 0.500. The van der Waals surface area contributed by atoms with Crippen LogP contribution in [0.1, 0.15) is 29.8 Å². The van der Waals surface area contributed by atoms with E-state index < -0.39 is 30.6 Å². The topological polar surface area (TPSA) is 57.3 Å². The second-order valence-corrected chi connectivity index (χ2v) is 9.37. The van der Waals surface area contributed by atoms with Crippen LogP contribution in [0.25, 0.3) is 10.9 Å². The number of likely N-dealkylation sites (tertiary alicyclic amines) is 1. The number of ether oxygens (including phenoxy) is 1. The van der Waals surface area contributed by atoms with Crippen LogP contribution < -0.4 is 4.74 Å². The van der Waals surface area contributed by atoms with Gasteiger partial charge in [-0.2, -0.15) is 18.3 Å². The molecule has 0 radical (unpaired) electrons. The Morgan fingerprint density at radius 2 is 2.00 bits per heavy atom. The van der Waals surface area contributed by atoms with Crippen molar-refractivity contribution in [2.45, 2.75) is 31.6 Å². The van der Waals surface area contributed by atoms with Gasteiger partial charge < -0.3 is 4.74 Å². The van der Waals surface area contributed by atoms with Crippen LogP contribution in [0.5, 0.6) is 5.75 Å². The van der Waals surface area contributed by atoms with E-state index in [4.69, 9.17) is 4.74 Å². The van der Waals surface area contributed by atoms with Crippen LogP contribution in [-0.2, 0) is 6.42 Å². The molecule has 2 unspecified atom stereocenters. The van der Waals surface area contributed by atoms with Crippen molar-refractivity contribution in [3.8, 4) is 5.75 Å². The third kappa shape index (κ3) is 4.84. The van der Waals surface area contributed by atoms with E-state index in [-0.39, 0.29) is 30.6 Å². The number of benzene rings is 1. The molecule has 35 heavy (non-hydrogen) atoms. The van der Waals surface area contributed by atoms with Crippen molar-refractivity contribution in [2.75, 3.05) is 39.5 Å². The lowest BCUT2D eigenvalue weighted by atomic mass is 9.85. The predicted octanol–water partition coefficient (Wildman–Crippen LogP) is 4.28. The first-order valence-corrected chi connectivity index (χ1v) is 11.6. The summed E-state index contributed by atoms with van der Waals surface area (Å²) in [6, 6.07) is 3.12. The molecule has 2 aromatic heterocycles. The first-order valence-electron chi connectivity index (χ1n) is 11.6. The minimum Gasteiger partial charge on any atom is -0.491 e. The Labute approximate surface area is 199 Å². The number of aromatic nitrogens is 3. The van der Waals surface area contributed by atoms with E-state index in [1.54, 1.807) is 25.3 Å². The van der Waals surface area contributed by atoms with Crippen LogP contribution in [0, 0.1) is 11.7 Å². The molecule has 188 valence electrons. The molecule has 0 aliphatic carbocycles. The summed E-state index contributed by atoms with van der Waals surface area (Å²) in [5, 5.41) is 7.74. The number of nitrogens with zero attached hydrogens (tertiary/aromatic N) is 4. The Balaban J connectivity index is 1.42. The van der Waals surface area contributed by atoms with Crippen molar-refractivity contribution in [1.82, 2.24) is 25.0 Å². The van der Waals surface area contributed by atoms with E-state index in [0.717, 1.165) is 16.5 Å². The molecular weight excluding hydrogens is 469 g/mol. The fourth-order valence-electron chi connectivity index (χ4n) is 5.14. The molecule has 0 amide bonds. The van der Waals surface area contributed by atoms with Gasteiger partial charge in [0.1, 0.15) is 18.2 Å². The van der Waals surface area contributed by atoms with Crippen LogP contribution in [0.4, 0.5) is 22.0 Å². The van der Waals surface area contributed by atoms with Gasteiger partial charge in [0.25, 0.3) is 0 Å². The van der Waals surface area contributed by atoms with Crippen LogP contribution >= 0.6 is 0 Å². The number of nitrogens with one attached hydrogen (secondary N) is 1.